The monoisotopic (exact) mass is 629 g/mol. The molecule has 0 unspecified atom stereocenters. The van der Waals surface area contributed by atoms with E-state index in [0.29, 0.717) is 28.4 Å². The van der Waals surface area contributed by atoms with Crippen LogP contribution >= 0.6 is 12.4 Å². The van der Waals surface area contributed by atoms with Crippen molar-refractivity contribution < 1.29 is 23.9 Å². The Hall–Kier alpha value is -4.93. The average Bonchev–Trinajstić information content (AvgIpc) is 3.14. The topological polar surface area (TPSA) is 120 Å². The summed E-state index contributed by atoms with van der Waals surface area (Å²) < 4.78 is 5.73. The zero-order chi connectivity index (χ0) is 31.4. The molecule has 0 fully saturated rings. The van der Waals surface area contributed by atoms with Crippen LogP contribution in [0.15, 0.2) is 84.9 Å². The number of anilines is 3. The van der Waals surface area contributed by atoms with Gasteiger partial charge >= 0.3 is 0 Å². The summed E-state index contributed by atoms with van der Waals surface area (Å²) in [7, 11) is 3.25. The smallest absolute Gasteiger partial charge is 0.258 e. The molecule has 0 aliphatic carbocycles. The van der Waals surface area contributed by atoms with E-state index < -0.39 is 12.1 Å². The summed E-state index contributed by atoms with van der Waals surface area (Å²) in [4.78, 5) is 56.2. The van der Waals surface area contributed by atoms with E-state index in [1.54, 1.807) is 62.4 Å². The van der Waals surface area contributed by atoms with E-state index in [4.69, 9.17) is 4.74 Å². The first-order valence-corrected chi connectivity index (χ1v) is 14.3. The fourth-order valence-corrected chi connectivity index (χ4v) is 5.36. The van der Waals surface area contributed by atoms with Gasteiger partial charge in [-0.3, -0.25) is 19.2 Å². The van der Waals surface area contributed by atoms with Crippen LogP contribution in [-0.2, 0) is 20.9 Å². The van der Waals surface area contributed by atoms with Crippen LogP contribution in [0.2, 0.25) is 0 Å². The number of rotatable bonds is 8. The first-order valence-electron chi connectivity index (χ1n) is 14.3. The number of ether oxygens (including phenoxy) is 1. The minimum atomic E-state index is -1.05. The van der Waals surface area contributed by atoms with Crippen molar-refractivity contribution in [3.05, 3.63) is 96.1 Å². The number of para-hydroxylation sites is 2. The van der Waals surface area contributed by atoms with E-state index in [0.717, 1.165) is 16.3 Å². The van der Waals surface area contributed by atoms with Gasteiger partial charge in [-0.05, 0) is 67.2 Å². The van der Waals surface area contributed by atoms with Gasteiger partial charge in [-0.1, -0.05) is 42.5 Å². The van der Waals surface area contributed by atoms with Crippen molar-refractivity contribution in [1.29, 1.82) is 0 Å². The van der Waals surface area contributed by atoms with Crippen LogP contribution < -0.4 is 30.5 Å². The number of hydrogen-bond donors (Lipinski definition) is 3. The quantitative estimate of drug-likeness (QED) is 0.264. The third-order valence-electron chi connectivity index (χ3n) is 7.77. The number of benzene rings is 4. The average molecular weight is 630 g/mol. The summed E-state index contributed by atoms with van der Waals surface area (Å²) in [5.41, 5.74) is 2.76. The van der Waals surface area contributed by atoms with Crippen LogP contribution in [0.3, 0.4) is 0 Å². The van der Waals surface area contributed by atoms with E-state index in [1.165, 1.54) is 11.8 Å². The lowest BCUT2D eigenvalue weighted by atomic mass is 10.0. The first kappa shape index (κ1) is 33.0. The maximum atomic E-state index is 14.4. The highest BCUT2D eigenvalue weighted by molar-refractivity contribution is 6.13. The lowest BCUT2D eigenvalue weighted by Crippen LogP contribution is -2.55. The Labute approximate surface area is 268 Å². The highest BCUT2D eigenvalue weighted by Crippen LogP contribution is 2.37. The predicted octanol–water partition coefficient (Wildman–Crippen LogP) is 4.51. The molecule has 10 nitrogen and oxygen atoms in total. The van der Waals surface area contributed by atoms with Gasteiger partial charge in [-0.2, -0.15) is 0 Å². The molecule has 0 saturated carbocycles. The van der Waals surface area contributed by atoms with Crippen LogP contribution in [0.25, 0.3) is 10.8 Å². The lowest BCUT2D eigenvalue weighted by molar-refractivity contribution is -0.128. The molecule has 5 rings (SSSR count). The number of carbonyl (C=O) groups is 4. The normalized spacial score (nSPS) is 14.9. The number of halogens is 1. The molecule has 0 radical (unpaired) electrons. The Bertz CT molecular complexity index is 1730. The molecule has 234 valence electrons. The van der Waals surface area contributed by atoms with Crippen molar-refractivity contribution >= 4 is 63.9 Å². The zero-order valence-electron chi connectivity index (χ0n) is 25.5. The molecule has 2 atom stereocenters. The summed E-state index contributed by atoms with van der Waals surface area (Å²) >= 11 is 0. The van der Waals surface area contributed by atoms with Crippen LogP contribution in [0, 0.1) is 0 Å². The Balaban J connectivity index is 0.00000461. The van der Waals surface area contributed by atoms with Crippen molar-refractivity contribution in [2.75, 3.05) is 35.8 Å². The van der Waals surface area contributed by atoms with Crippen LogP contribution in [0.1, 0.15) is 29.8 Å². The molecule has 0 aromatic heterocycles. The van der Waals surface area contributed by atoms with Crippen LogP contribution in [0.4, 0.5) is 17.1 Å². The third-order valence-corrected chi connectivity index (χ3v) is 7.77. The number of fused-ring (bicyclic) bond motifs is 2. The van der Waals surface area contributed by atoms with Gasteiger partial charge in [0.2, 0.25) is 11.8 Å². The summed E-state index contributed by atoms with van der Waals surface area (Å²) in [5.74, 6) is -0.687. The van der Waals surface area contributed by atoms with E-state index in [1.807, 2.05) is 48.5 Å². The predicted molar refractivity (Wildman–Crippen MR) is 178 cm³/mol. The first-order chi connectivity index (χ1) is 21.2. The van der Waals surface area contributed by atoms with Crippen LogP contribution in [0.5, 0.6) is 5.75 Å². The van der Waals surface area contributed by atoms with Crippen molar-refractivity contribution in [2.45, 2.75) is 32.5 Å². The van der Waals surface area contributed by atoms with E-state index in [2.05, 4.69) is 16.0 Å². The van der Waals surface area contributed by atoms with Crippen molar-refractivity contribution in [2.24, 2.45) is 0 Å². The minimum absolute atomic E-state index is 0. The molecule has 4 aromatic rings. The number of hydrogen-bond acceptors (Lipinski definition) is 6. The largest absolute Gasteiger partial charge is 0.496 e. The molecule has 0 spiro atoms. The van der Waals surface area contributed by atoms with Gasteiger partial charge in [-0.25, -0.2) is 0 Å². The molecule has 11 heteroatoms. The number of methoxy groups -OCH3 is 1. The fraction of sp³-hybridized carbons (Fsp3) is 0.235. The molecule has 1 aliphatic heterocycles. The molecule has 4 amide bonds. The Kier molecular flexibility index (Phi) is 10.4. The molecule has 4 aromatic carbocycles. The molecule has 3 N–H and O–H groups in total. The number of carbonyl (C=O) groups excluding carboxylic acids is 4. The van der Waals surface area contributed by atoms with Gasteiger partial charge in [0.05, 0.1) is 37.6 Å². The Morgan fingerprint density at radius 1 is 0.933 bits per heavy atom. The summed E-state index contributed by atoms with van der Waals surface area (Å²) in [6.07, 6.45) is 0. The number of likely N-dealkylation sites (N-methyl/N-ethyl adjacent to an activating group) is 1. The van der Waals surface area contributed by atoms with Crippen LogP contribution in [-0.4, -0.2) is 56.4 Å². The van der Waals surface area contributed by atoms with E-state index >= 15 is 0 Å². The van der Waals surface area contributed by atoms with Gasteiger partial charge in [0.1, 0.15) is 11.8 Å². The van der Waals surface area contributed by atoms with E-state index in [9.17, 15) is 19.2 Å². The highest BCUT2D eigenvalue weighted by atomic mass is 35.5. The Morgan fingerprint density at radius 2 is 1.60 bits per heavy atom. The third kappa shape index (κ3) is 6.92. The second-order valence-corrected chi connectivity index (χ2v) is 10.6. The van der Waals surface area contributed by atoms with Gasteiger partial charge in [0, 0.05) is 23.7 Å². The van der Waals surface area contributed by atoms with E-state index in [-0.39, 0.29) is 49.1 Å². The number of nitrogens with zero attached hydrogens (tertiary/aromatic N) is 2. The molecule has 1 heterocycles. The van der Waals surface area contributed by atoms with Gasteiger partial charge in [-0.15, -0.1) is 12.4 Å². The molecule has 0 saturated heterocycles. The molecule has 0 bridgehead atoms. The van der Waals surface area contributed by atoms with Gasteiger partial charge in [0.15, 0.2) is 0 Å². The summed E-state index contributed by atoms with van der Waals surface area (Å²) in [6.45, 7) is 3.16. The second-order valence-electron chi connectivity index (χ2n) is 10.6. The van der Waals surface area contributed by atoms with Crippen molar-refractivity contribution in [1.82, 2.24) is 10.6 Å². The summed E-state index contributed by atoms with van der Waals surface area (Å²) in [5, 5.41) is 10.4. The molecule has 1 aliphatic rings. The van der Waals surface area contributed by atoms with Crippen molar-refractivity contribution in [3.63, 3.8) is 0 Å². The number of nitrogens with one attached hydrogen (secondary N) is 3. The molecular weight excluding hydrogens is 594 g/mol. The summed E-state index contributed by atoms with van der Waals surface area (Å²) in [6, 6.07) is 23.8. The van der Waals surface area contributed by atoms with Gasteiger partial charge in [0.25, 0.3) is 11.8 Å². The highest BCUT2D eigenvalue weighted by Gasteiger charge is 2.38. The minimum Gasteiger partial charge on any atom is -0.496 e. The zero-order valence-corrected chi connectivity index (χ0v) is 26.3. The van der Waals surface area contributed by atoms with Crippen molar-refractivity contribution in [3.8, 4) is 5.75 Å². The standard InChI is InChI=1S/C34H35N5O5.ClH/c1-21(35-3)32(41)37-28-20-39(33(42)24-13-16-25(17-14-24)36-22(2)40)30-12-8-7-11-29(30)38(34(28)43)19-27-26-10-6-5-9-23(26)15-18-31(27)44-4;/h5-18,21,28,35H,19-20H2,1-4H3,(H,36,40)(H,37,41);1H/t21-,28-;/m0./s1. The SMILES string of the molecule is CN[C@@H](C)C(=O)N[C@H]1CN(C(=O)c2ccc(NC(C)=O)cc2)c2ccccc2N(Cc2c(OC)ccc3ccccc23)C1=O.Cl. The lowest BCUT2D eigenvalue weighted by Gasteiger charge is -2.27. The molecular formula is C34H36ClN5O5. The van der Waals surface area contributed by atoms with Gasteiger partial charge < -0.3 is 30.5 Å². The maximum Gasteiger partial charge on any atom is 0.258 e. The fourth-order valence-electron chi connectivity index (χ4n) is 5.36. The second kappa shape index (κ2) is 14.2. The maximum absolute atomic E-state index is 14.4. The number of amides is 4. The molecule has 45 heavy (non-hydrogen) atoms. The Morgan fingerprint density at radius 3 is 2.27 bits per heavy atom.